The molecule has 1 saturated carbocycles. The molecule has 746 valence electrons. The van der Waals surface area contributed by atoms with Crippen LogP contribution in [0, 0.1) is 29.6 Å². The number of benzene rings is 2. The van der Waals surface area contributed by atoms with E-state index in [9.17, 15) is 58.8 Å². The number of nitrogens with one attached hydrogen (secondary N) is 2. The highest BCUT2D eigenvalue weighted by Crippen LogP contribution is 2.40. The highest BCUT2D eigenvalue weighted by Gasteiger charge is 2.54. The lowest BCUT2D eigenvalue weighted by atomic mass is 9.80. The van der Waals surface area contributed by atoms with Gasteiger partial charge in [0.1, 0.15) is 59.6 Å². The summed E-state index contributed by atoms with van der Waals surface area (Å²) in [5.74, 6) is -8.83. The number of ether oxygens (including phenoxy) is 9. The number of hydrogen-bond acceptors (Lipinski definition) is 35. The van der Waals surface area contributed by atoms with Crippen LogP contribution in [0.3, 0.4) is 0 Å². The first-order valence-electron chi connectivity index (χ1n) is 47.7. The number of aromatic nitrogens is 9. The molecule has 6 aliphatic rings. The van der Waals surface area contributed by atoms with Crippen LogP contribution in [0.5, 0.6) is 0 Å². The molecular weight excluding hydrogens is 1780 g/mol. The van der Waals surface area contributed by atoms with E-state index in [1.807, 2.05) is 81.8 Å². The van der Waals surface area contributed by atoms with Gasteiger partial charge in [-0.3, -0.25) is 28.8 Å². The van der Waals surface area contributed by atoms with Crippen LogP contribution in [0.4, 0.5) is 28.5 Å². The third-order valence-corrected chi connectivity index (χ3v) is 26.8. The van der Waals surface area contributed by atoms with Crippen molar-refractivity contribution in [1.82, 2.24) is 65.1 Å². The number of piperidine rings is 1. The van der Waals surface area contributed by atoms with E-state index in [0.717, 1.165) is 27.2 Å². The van der Waals surface area contributed by atoms with E-state index in [1.165, 1.54) is 44.4 Å². The summed E-state index contributed by atoms with van der Waals surface area (Å²) < 4.78 is 60.2. The number of carbonyl (C=O) groups is 8. The lowest BCUT2D eigenvalue weighted by Gasteiger charge is -2.42. The second-order valence-electron chi connectivity index (χ2n) is 36.8. The fourth-order valence-corrected chi connectivity index (χ4v) is 18.7. The number of hydrogen-bond donors (Lipinski definition) is 9. The number of esters is 1. The maximum atomic E-state index is 14.7. The quantitative estimate of drug-likeness (QED) is 0.0102. The van der Waals surface area contributed by atoms with Crippen LogP contribution in [0.1, 0.15) is 158 Å². The number of nitrogen functional groups attached to an aromatic ring is 2. The number of carbonyl (C=O) groups excluding carboxylic acids is 8. The summed E-state index contributed by atoms with van der Waals surface area (Å²) >= 11 is 0. The van der Waals surface area contributed by atoms with E-state index in [4.69, 9.17) is 69.3 Å². The van der Waals surface area contributed by atoms with Gasteiger partial charge in [0.15, 0.2) is 17.0 Å². The molecule has 2 aromatic carbocycles. The van der Waals surface area contributed by atoms with E-state index < -0.39 is 126 Å². The number of nitrogens with zero attached hydrogens (tertiary/aromatic N) is 13. The molecule has 10 heterocycles. The Bertz CT molecular complexity index is 5460. The van der Waals surface area contributed by atoms with Crippen LogP contribution in [0.25, 0.3) is 33.4 Å². The summed E-state index contributed by atoms with van der Waals surface area (Å²) in [6, 6.07) is 9.10. The number of nitrogens with two attached hydrogens (primary N) is 3. The molecule has 7 aromatic rings. The molecule has 1 aliphatic carbocycles. The number of Topliss-reactive ketones (excluding diaryl/α,β-unsaturated/α-hetero) is 3. The molecule has 5 aromatic heterocycles. The van der Waals surface area contributed by atoms with Gasteiger partial charge in [-0.25, -0.2) is 44.2 Å². The van der Waals surface area contributed by atoms with E-state index in [0.29, 0.717) is 188 Å². The van der Waals surface area contributed by atoms with Crippen LogP contribution >= 0.6 is 0 Å². The zero-order chi connectivity index (χ0) is 98.3. The molecule has 4 fully saturated rings. The number of oxazole rings is 1. The minimum atomic E-state index is -2.53. The van der Waals surface area contributed by atoms with Gasteiger partial charge in [0.05, 0.1) is 108 Å². The number of piperazine rings is 1. The van der Waals surface area contributed by atoms with Gasteiger partial charge in [0.2, 0.25) is 23.6 Å². The first-order chi connectivity index (χ1) is 66.5. The van der Waals surface area contributed by atoms with E-state index in [2.05, 4.69) is 57.7 Å². The average molecular weight is 1910 g/mol. The molecule has 138 heavy (non-hydrogen) atoms. The normalized spacial score (nSPS) is 26.3. The topological polar surface area (TPSA) is 537 Å². The third-order valence-electron chi connectivity index (χ3n) is 26.8. The van der Waals surface area contributed by atoms with Crippen LogP contribution in [0.15, 0.2) is 120 Å². The van der Waals surface area contributed by atoms with Gasteiger partial charge in [-0.05, 0) is 142 Å². The smallest absolute Gasteiger partial charge is 0.407 e. The van der Waals surface area contributed by atoms with Crippen molar-refractivity contribution in [3.8, 4) is 11.3 Å². The Balaban J connectivity index is 0.499. The highest BCUT2D eigenvalue weighted by atomic mass is 16.6. The number of ketones is 3. The van der Waals surface area contributed by atoms with Gasteiger partial charge in [-0.1, -0.05) is 82.4 Å². The van der Waals surface area contributed by atoms with Gasteiger partial charge in [0.25, 0.3) is 23.6 Å². The largest absolute Gasteiger partial charge is 0.459 e. The highest BCUT2D eigenvalue weighted by molar-refractivity contribution is 6.39. The fraction of sp³-hybridized carbons (Fsp3) is 0.571. The fourth-order valence-electron chi connectivity index (χ4n) is 18.7. The van der Waals surface area contributed by atoms with E-state index >= 15 is 0 Å². The van der Waals surface area contributed by atoms with Gasteiger partial charge in [-0.15, -0.1) is 0 Å². The summed E-state index contributed by atoms with van der Waals surface area (Å²) in [5, 5.41) is 56.5. The zero-order valence-electron chi connectivity index (χ0n) is 79.8. The molecule has 0 spiro atoms. The molecule has 1 unspecified atom stereocenters. The molecule has 5 aliphatic heterocycles. The van der Waals surface area contributed by atoms with Gasteiger partial charge in [-0.2, -0.15) is 10.1 Å². The summed E-state index contributed by atoms with van der Waals surface area (Å²) in [5.41, 5.74) is 27.5. The first-order valence-corrected chi connectivity index (χ1v) is 47.7. The van der Waals surface area contributed by atoms with Crippen LogP contribution in [0.2, 0.25) is 0 Å². The number of allylic oxidation sites excluding steroid dienone is 6. The molecule has 12 N–H and O–H groups in total. The van der Waals surface area contributed by atoms with Crippen molar-refractivity contribution in [3.63, 3.8) is 0 Å². The number of alkyl carbamates (subject to hydrolysis) is 1. The predicted octanol–water partition coefficient (Wildman–Crippen LogP) is 6.35. The number of aliphatic hydroxyl groups is 4. The van der Waals surface area contributed by atoms with Gasteiger partial charge >= 0.3 is 12.1 Å². The number of anilines is 4. The number of fused-ring (bicyclic) bond motifs is 6. The van der Waals surface area contributed by atoms with Crippen molar-refractivity contribution >= 4 is 93.0 Å². The van der Waals surface area contributed by atoms with Crippen molar-refractivity contribution in [3.05, 3.63) is 143 Å². The van der Waals surface area contributed by atoms with Gasteiger partial charge < -0.3 is 115 Å². The first kappa shape index (κ1) is 104. The van der Waals surface area contributed by atoms with Crippen molar-refractivity contribution in [2.45, 2.75) is 218 Å². The molecule has 13 rings (SSSR count). The second-order valence-corrected chi connectivity index (χ2v) is 36.8. The lowest BCUT2D eigenvalue weighted by Crippen LogP contribution is -2.61. The van der Waals surface area contributed by atoms with Crippen molar-refractivity contribution in [1.29, 1.82) is 0 Å². The average Bonchev–Trinajstić information content (AvgIpc) is 1.54. The van der Waals surface area contributed by atoms with Crippen molar-refractivity contribution < 1.29 is 106 Å². The maximum Gasteiger partial charge on any atom is 0.407 e. The zero-order valence-corrected chi connectivity index (χ0v) is 79.8. The third kappa shape index (κ3) is 26.9. The SMILES string of the molecule is CO[C@H]1C[C@@H]2CC[C@@H](C)[C@@](O)(O2)C(=O)C(=O)N2CCCC[C@H]2C(=O)O[C@H]([C@H](N)C[C@@H]2CC[C@@H](OC(=O)NCc3cnc(N4CCN(c5ncc(C(=O)NCCOCCOCCOCCOCCC(=O)N6CCc7cc(Cn8nc(-c9ccc%10oc(N)nc%10c9)c9c(N)ncnc98)ccc7C6)cn5)CC4CO)nc3)[C@H](OC)C2)CC(=O)[C@H](C)/C=C(\C)[C@@H](O)[C@@H](O)C(=O)[C@H](C)C[C@H](C)/C=C/C=CC=C1C. The second kappa shape index (κ2) is 49.3. The molecule has 2 bridgehead atoms. The Morgan fingerprint density at radius 3 is 2.20 bits per heavy atom. The van der Waals surface area contributed by atoms with E-state index in [-0.39, 0.29) is 106 Å². The minimum absolute atomic E-state index is 0.00795. The number of cyclic esters (lactones) is 1. The monoisotopic (exact) mass is 1910 g/mol. The summed E-state index contributed by atoms with van der Waals surface area (Å²) in [6.07, 6.45) is 14.6. The van der Waals surface area contributed by atoms with Gasteiger partial charge in [0, 0.05) is 139 Å². The van der Waals surface area contributed by atoms with E-state index in [1.54, 1.807) is 46.3 Å². The molecular formula is C98H132N18O22. The molecule has 40 nitrogen and oxygen atoms in total. The summed E-state index contributed by atoms with van der Waals surface area (Å²) in [4.78, 5) is 150. The molecule has 16 atom stereocenters. The van der Waals surface area contributed by atoms with Crippen LogP contribution in [-0.4, -0.2) is 302 Å². The standard InChI is InChI=1S/C98H132N18O22/c1-58-14-10-9-11-15-59(2)79(129-7)46-72-22-17-63(6)98(128,138-72)88(123)92(125)115-28-13-12-16-75(115)93(126)135-80(47-76(118)60(3)41-62(5)86(121)87(122)85(120)61(4)40-58)73(99)43-64-19-23-78(81(44-64)130-8)137-97(127)107-50-66-48-103-96(104-49-66)114-31-30-113(55-71(114)56-117)95-105-51-70(52-106-95)91(124)102-27-33-132-35-37-134-39-38-133-36-34-131-32-26-82(119)112-29-25-67-42-65(18-20-69(67)54-112)53-116-90-83(89(100)108-57-109-90)84(111-116)68-21-24-77-74(45-68)110-94(101)136-77/h9-11,14-15,18,20-21,24,41-42,45,48-49,51-52,57-58,60-61,63-64,71-73,75,78-81,86-87,117,121-122,128H,12-13,16-17,19,22-23,25-40,43-44,46-47,50,53-56,99H2,1-8H3,(H2,101,110)(H,102,124)(H,107,127)(H2,100,108,109)/b11-9?,14-10+,59-15?,62-41+/t58-,60-,61-,63-,64+,71?,72+,73-,75+,78-,79+,80+,81-,86-,87+,98-/m1/s1. The van der Waals surface area contributed by atoms with Crippen molar-refractivity contribution in [2.75, 3.05) is 134 Å². The Morgan fingerprint density at radius 1 is 0.717 bits per heavy atom. The Labute approximate surface area is 801 Å². The number of rotatable bonds is 30. The van der Waals surface area contributed by atoms with Crippen LogP contribution in [-0.2, 0) is 97.5 Å². The van der Waals surface area contributed by atoms with Crippen LogP contribution < -0.4 is 37.6 Å². The number of amides is 4. The molecule has 3 saturated heterocycles. The Kier molecular flexibility index (Phi) is 37.1. The minimum Gasteiger partial charge on any atom is -0.459 e. The number of aliphatic hydroxyl groups excluding tert-OH is 3. The summed E-state index contributed by atoms with van der Waals surface area (Å²) in [7, 11) is 3.04. The number of methoxy groups -OCH3 is 2. The molecule has 40 heteroatoms. The molecule has 0 radical (unpaired) electrons. The Hall–Kier alpha value is -11.5. The Morgan fingerprint density at radius 2 is 1.46 bits per heavy atom. The molecule has 4 amide bonds. The van der Waals surface area contributed by atoms with Crippen molar-refractivity contribution in [2.24, 2.45) is 35.3 Å². The predicted molar refractivity (Wildman–Crippen MR) is 507 cm³/mol. The lowest BCUT2D eigenvalue weighted by molar-refractivity contribution is -0.265. The maximum absolute atomic E-state index is 14.7. The summed E-state index contributed by atoms with van der Waals surface area (Å²) in [6.45, 7) is 15.4.